The van der Waals surface area contributed by atoms with Crippen molar-refractivity contribution in [3.8, 4) is 5.75 Å². The molecule has 176 valence electrons. The Balaban J connectivity index is 0.000000357. The van der Waals surface area contributed by atoms with E-state index in [9.17, 15) is 15.0 Å². The minimum Gasteiger partial charge on any atom is -0.545 e. The number of aryl methyl sites for hydroxylation is 1. The van der Waals surface area contributed by atoms with Crippen LogP contribution in [0.5, 0.6) is 5.75 Å². The lowest BCUT2D eigenvalue weighted by Gasteiger charge is -2.32. The summed E-state index contributed by atoms with van der Waals surface area (Å²) in [5.74, 6) is -0.517. The quantitative estimate of drug-likeness (QED) is 0.504. The molecule has 3 rings (SSSR count). The summed E-state index contributed by atoms with van der Waals surface area (Å²) in [7, 11) is 0. The number of carboxylic acids is 1. The molecule has 0 fully saturated rings. The Labute approximate surface area is 198 Å². The number of phenols is 1. The first kappa shape index (κ1) is 26.1. The summed E-state index contributed by atoms with van der Waals surface area (Å²) in [5.41, 5.74) is 3.71. The van der Waals surface area contributed by atoms with E-state index in [2.05, 4.69) is 69.9 Å². The minimum atomic E-state index is -1.13. The Bertz CT molecular complexity index is 976. The fourth-order valence-electron chi connectivity index (χ4n) is 4.11. The van der Waals surface area contributed by atoms with E-state index in [4.69, 9.17) is 0 Å². The summed E-state index contributed by atoms with van der Waals surface area (Å²) in [5, 5.41) is 20.5. The van der Waals surface area contributed by atoms with Crippen LogP contribution in [0.3, 0.4) is 0 Å². The average molecular weight is 447 g/mol. The minimum absolute atomic E-state index is 0.214. The van der Waals surface area contributed by atoms with E-state index in [1.165, 1.54) is 23.3 Å². The summed E-state index contributed by atoms with van der Waals surface area (Å²) in [4.78, 5) is 12.6. The van der Waals surface area contributed by atoms with Crippen LogP contribution in [-0.4, -0.2) is 34.6 Å². The van der Waals surface area contributed by atoms with Crippen molar-refractivity contribution in [1.29, 1.82) is 0 Å². The van der Waals surface area contributed by atoms with E-state index in [0.29, 0.717) is 17.8 Å². The molecular weight excluding hydrogens is 410 g/mol. The van der Waals surface area contributed by atoms with Gasteiger partial charge in [-0.2, -0.15) is 0 Å². The number of carbonyl (C=O) groups excluding carboxylic acids is 1. The van der Waals surface area contributed by atoms with Crippen molar-refractivity contribution in [2.75, 3.05) is 6.54 Å². The topological polar surface area (TPSA) is 63.6 Å². The molecule has 0 amide bonds. The normalized spacial score (nSPS) is 11.9. The van der Waals surface area contributed by atoms with Crippen molar-refractivity contribution in [2.24, 2.45) is 0 Å². The van der Waals surface area contributed by atoms with Gasteiger partial charge in [-0.15, -0.1) is 0 Å². The van der Waals surface area contributed by atoms with Gasteiger partial charge >= 0.3 is 0 Å². The van der Waals surface area contributed by atoms with Gasteiger partial charge in [-0.25, -0.2) is 0 Å². The molecule has 1 atom stereocenters. The van der Waals surface area contributed by atoms with E-state index < -0.39 is 5.97 Å². The summed E-state index contributed by atoms with van der Waals surface area (Å²) < 4.78 is 0. The monoisotopic (exact) mass is 446 g/mol. The number of phenolic OH excluding ortho intramolecular Hbond substituents is 1. The first-order valence-corrected chi connectivity index (χ1v) is 11.6. The Morgan fingerprint density at radius 3 is 1.91 bits per heavy atom. The van der Waals surface area contributed by atoms with Gasteiger partial charge in [0.05, 0.1) is 5.97 Å². The third-order valence-corrected chi connectivity index (χ3v) is 5.77. The molecule has 0 aliphatic heterocycles. The summed E-state index contributed by atoms with van der Waals surface area (Å²) in [6, 6.07) is 25.6. The number of rotatable bonds is 8. The van der Waals surface area contributed by atoms with Gasteiger partial charge in [-0.05, 0) is 64.8 Å². The van der Waals surface area contributed by atoms with E-state index in [0.717, 1.165) is 18.5 Å². The fraction of sp³-hybridized carbons (Fsp3) is 0.345. The van der Waals surface area contributed by atoms with Crippen molar-refractivity contribution in [1.82, 2.24) is 4.90 Å². The maximum absolute atomic E-state index is 10.4. The lowest BCUT2D eigenvalue weighted by molar-refractivity contribution is -0.255. The number of nitrogens with zero attached hydrogens (tertiary/aromatic N) is 1. The van der Waals surface area contributed by atoms with Crippen LogP contribution in [0.1, 0.15) is 67.1 Å². The number of aromatic hydroxyl groups is 1. The Kier molecular flexibility index (Phi) is 10.1. The Morgan fingerprint density at radius 1 is 0.879 bits per heavy atom. The number of benzene rings is 3. The maximum atomic E-state index is 10.4. The van der Waals surface area contributed by atoms with Crippen LogP contribution >= 0.6 is 0 Å². The van der Waals surface area contributed by atoms with Crippen LogP contribution in [0.15, 0.2) is 78.9 Å². The van der Waals surface area contributed by atoms with Crippen LogP contribution in [0.25, 0.3) is 0 Å². The van der Waals surface area contributed by atoms with Crippen LogP contribution < -0.4 is 5.11 Å². The SMILES string of the molecule is Cc1ccc(O)c([C@H](CCN(C(C)C)C(C)C)c2ccccc2)c1.O=C([O-])c1ccccc1. The van der Waals surface area contributed by atoms with Crippen molar-refractivity contribution in [3.05, 3.63) is 101 Å². The highest BCUT2D eigenvalue weighted by Crippen LogP contribution is 2.35. The van der Waals surface area contributed by atoms with Crippen molar-refractivity contribution in [3.63, 3.8) is 0 Å². The molecule has 0 aromatic heterocycles. The molecule has 0 bridgehead atoms. The highest BCUT2D eigenvalue weighted by atomic mass is 16.4. The number of aromatic carboxylic acids is 1. The van der Waals surface area contributed by atoms with E-state index in [1.807, 2.05) is 18.2 Å². The molecule has 0 heterocycles. The smallest absolute Gasteiger partial charge is 0.119 e. The molecule has 3 aromatic carbocycles. The molecule has 0 aliphatic rings. The number of carbonyl (C=O) groups is 1. The van der Waals surface area contributed by atoms with Crippen LogP contribution in [0.2, 0.25) is 0 Å². The molecule has 0 spiro atoms. The zero-order chi connectivity index (χ0) is 24.4. The second kappa shape index (κ2) is 12.8. The molecule has 0 aliphatic carbocycles. The van der Waals surface area contributed by atoms with E-state index in [1.54, 1.807) is 18.2 Å². The zero-order valence-corrected chi connectivity index (χ0v) is 20.4. The molecule has 0 saturated carbocycles. The Hall–Kier alpha value is -3.11. The number of hydrogen-bond donors (Lipinski definition) is 1. The van der Waals surface area contributed by atoms with Gasteiger partial charge < -0.3 is 15.0 Å². The predicted octanol–water partition coefficient (Wildman–Crippen LogP) is 5.39. The zero-order valence-electron chi connectivity index (χ0n) is 20.4. The van der Waals surface area contributed by atoms with Gasteiger partial charge in [-0.1, -0.05) is 78.4 Å². The summed E-state index contributed by atoms with van der Waals surface area (Å²) in [6.45, 7) is 12.1. The average Bonchev–Trinajstić information content (AvgIpc) is 2.79. The lowest BCUT2D eigenvalue weighted by Crippen LogP contribution is -2.38. The molecule has 0 saturated heterocycles. The molecule has 4 heteroatoms. The molecule has 1 N–H and O–H groups in total. The summed E-state index contributed by atoms with van der Waals surface area (Å²) in [6.07, 6.45) is 0.997. The Morgan fingerprint density at radius 2 is 1.42 bits per heavy atom. The molecule has 3 aromatic rings. The number of carboxylic acid groups (broad SMARTS) is 1. The van der Waals surface area contributed by atoms with E-state index >= 15 is 0 Å². The second-order valence-electron chi connectivity index (χ2n) is 8.89. The van der Waals surface area contributed by atoms with Gasteiger partial charge in [0, 0.05) is 23.6 Å². The van der Waals surface area contributed by atoms with Crippen LogP contribution in [-0.2, 0) is 0 Å². The summed E-state index contributed by atoms with van der Waals surface area (Å²) >= 11 is 0. The molecule has 4 nitrogen and oxygen atoms in total. The number of hydrogen-bond acceptors (Lipinski definition) is 4. The van der Waals surface area contributed by atoms with Gasteiger partial charge in [0.2, 0.25) is 0 Å². The maximum Gasteiger partial charge on any atom is 0.119 e. The largest absolute Gasteiger partial charge is 0.545 e. The van der Waals surface area contributed by atoms with Crippen LogP contribution in [0, 0.1) is 6.92 Å². The van der Waals surface area contributed by atoms with Crippen molar-refractivity contribution >= 4 is 5.97 Å². The second-order valence-corrected chi connectivity index (χ2v) is 8.89. The van der Waals surface area contributed by atoms with Gasteiger partial charge in [0.25, 0.3) is 0 Å². The highest BCUT2D eigenvalue weighted by Gasteiger charge is 2.21. The van der Waals surface area contributed by atoms with Gasteiger partial charge in [0.15, 0.2) is 0 Å². The van der Waals surface area contributed by atoms with Crippen molar-refractivity contribution < 1.29 is 15.0 Å². The lowest BCUT2D eigenvalue weighted by atomic mass is 9.87. The molecule has 0 unspecified atom stereocenters. The first-order valence-electron chi connectivity index (χ1n) is 11.6. The van der Waals surface area contributed by atoms with Crippen molar-refractivity contribution in [2.45, 2.75) is 59.0 Å². The van der Waals surface area contributed by atoms with Gasteiger partial charge in [-0.3, -0.25) is 4.90 Å². The van der Waals surface area contributed by atoms with Crippen LogP contribution in [0.4, 0.5) is 0 Å². The van der Waals surface area contributed by atoms with Gasteiger partial charge in [0.1, 0.15) is 5.75 Å². The fourth-order valence-corrected chi connectivity index (χ4v) is 4.11. The molecular formula is C29H36NO3-. The third-order valence-electron chi connectivity index (χ3n) is 5.77. The molecule has 33 heavy (non-hydrogen) atoms. The predicted molar refractivity (Wildman–Crippen MR) is 133 cm³/mol. The standard InChI is InChI=1S/C22H31NO.C7H6O2/c1-16(2)23(17(3)4)14-13-20(19-9-7-6-8-10-19)21-15-18(5)11-12-22(21)24;8-7(9)6-4-2-1-3-5-6/h6-12,15-17,20,24H,13-14H2,1-5H3;1-5H,(H,8,9)/p-1/t20-;/m1./s1. The van der Waals surface area contributed by atoms with E-state index in [-0.39, 0.29) is 11.5 Å². The highest BCUT2D eigenvalue weighted by molar-refractivity contribution is 5.85. The third kappa shape index (κ3) is 8.07. The first-order chi connectivity index (χ1) is 15.7. The molecule has 0 radical (unpaired) electrons.